The summed E-state index contributed by atoms with van der Waals surface area (Å²) in [6.07, 6.45) is 3.49. The number of nitrogens with one attached hydrogen (secondary N) is 1. The molecule has 0 radical (unpaired) electrons. The van der Waals surface area contributed by atoms with Crippen molar-refractivity contribution in [2.45, 2.75) is 18.9 Å². The third-order valence-corrected chi connectivity index (χ3v) is 5.98. The fourth-order valence-corrected chi connectivity index (χ4v) is 4.14. The minimum absolute atomic E-state index is 0.117. The van der Waals surface area contributed by atoms with Crippen molar-refractivity contribution in [2.75, 3.05) is 55.5 Å². The summed E-state index contributed by atoms with van der Waals surface area (Å²) in [6, 6.07) is 12.5. The van der Waals surface area contributed by atoms with Gasteiger partial charge in [-0.25, -0.2) is 14.4 Å². The van der Waals surface area contributed by atoms with Gasteiger partial charge in [-0.1, -0.05) is 0 Å². The van der Waals surface area contributed by atoms with E-state index in [2.05, 4.69) is 15.3 Å². The number of nitrogens with two attached hydrogens (primary N) is 1. The highest BCUT2D eigenvalue weighted by Crippen LogP contribution is 2.30. The van der Waals surface area contributed by atoms with E-state index in [4.69, 9.17) is 19.9 Å². The maximum atomic E-state index is 14.7. The van der Waals surface area contributed by atoms with Gasteiger partial charge in [0.2, 0.25) is 5.95 Å². The summed E-state index contributed by atoms with van der Waals surface area (Å²) in [5.41, 5.74) is 9.51. The zero-order valence-corrected chi connectivity index (χ0v) is 18.9. The van der Waals surface area contributed by atoms with Crippen LogP contribution in [0.15, 0.2) is 48.7 Å². The van der Waals surface area contributed by atoms with Crippen LogP contribution in [0, 0.1) is 5.82 Å². The maximum absolute atomic E-state index is 14.7. The zero-order valence-electron chi connectivity index (χ0n) is 18.9. The van der Waals surface area contributed by atoms with Gasteiger partial charge in [-0.3, -0.25) is 0 Å². The lowest BCUT2D eigenvalue weighted by atomic mass is 10.1. The van der Waals surface area contributed by atoms with Crippen molar-refractivity contribution in [1.29, 1.82) is 0 Å². The van der Waals surface area contributed by atoms with Crippen molar-refractivity contribution < 1.29 is 18.6 Å². The molecule has 0 amide bonds. The topological polar surface area (TPSA) is 94.8 Å². The molecule has 3 heterocycles. The van der Waals surface area contributed by atoms with E-state index >= 15 is 0 Å². The molecule has 3 N–H and O–H groups in total. The molecule has 2 fully saturated rings. The molecule has 2 aromatic carbocycles. The third kappa shape index (κ3) is 5.21. The first-order valence-corrected chi connectivity index (χ1v) is 11.5. The number of aromatic nitrogens is 2. The van der Waals surface area contributed by atoms with Crippen molar-refractivity contribution in [3.8, 4) is 17.0 Å². The second-order valence-electron chi connectivity index (χ2n) is 8.34. The Labute approximate surface area is 197 Å². The Kier molecular flexibility index (Phi) is 6.73. The molecule has 34 heavy (non-hydrogen) atoms. The molecule has 0 spiro atoms. The Morgan fingerprint density at radius 1 is 1.00 bits per heavy atom. The van der Waals surface area contributed by atoms with Crippen molar-refractivity contribution in [1.82, 2.24) is 9.97 Å². The predicted molar refractivity (Wildman–Crippen MR) is 129 cm³/mol. The molecule has 9 heteroatoms. The molecule has 1 aromatic heterocycles. The molecule has 8 nitrogen and oxygen atoms in total. The second kappa shape index (κ2) is 10.2. The average Bonchev–Trinajstić information content (AvgIpc) is 2.87. The highest BCUT2D eigenvalue weighted by atomic mass is 19.1. The van der Waals surface area contributed by atoms with Crippen molar-refractivity contribution in [3.05, 3.63) is 54.5 Å². The van der Waals surface area contributed by atoms with E-state index in [0.29, 0.717) is 74.0 Å². The molecule has 0 bridgehead atoms. The molecule has 0 saturated carbocycles. The molecule has 0 aliphatic carbocycles. The molecule has 0 atom stereocenters. The number of hydrogen-bond donors (Lipinski definition) is 2. The number of nitrogen functional groups attached to an aromatic ring is 1. The van der Waals surface area contributed by atoms with Crippen LogP contribution in [-0.2, 0) is 9.47 Å². The van der Waals surface area contributed by atoms with Crippen molar-refractivity contribution >= 4 is 23.0 Å². The Morgan fingerprint density at radius 2 is 1.79 bits per heavy atom. The Hall–Kier alpha value is -3.43. The lowest BCUT2D eigenvalue weighted by molar-refractivity contribution is 0.0259. The lowest BCUT2D eigenvalue weighted by Gasteiger charge is -2.29. The molecule has 5 rings (SSSR count). The second-order valence-corrected chi connectivity index (χ2v) is 8.34. The minimum Gasteiger partial charge on any atom is -0.488 e. The Morgan fingerprint density at radius 3 is 2.56 bits per heavy atom. The maximum Gasteiger partial charge on any atom is 0.227 e. The molecule has 178 valence electrons. The number of ether oxygens (including phenoxy) is 3. The van der Waals surface area contributed by atoms with Gasteiger partial charge in [-0.15, -0.1) is 0 Å². The lowest BCUT2D eigenvalue weighted by Crippen LogP contribution is -2.36. The molecule has 3 aromatic rings. The van der Waals surface area contributed by atoms with E-state index in [9.17, 15) is 4.39 Å². The summed E-state index contributed by atoms with van der Waals surface area (Å²) in [5.74, 6) is 0.743. The summed E-state index contributed by atoms with van der Waals surface area (Å²) in [5, 5.41) is 3.09. The van der Waals surface area contributed by atoms with Gasteiger partial charge in [0.25, 0.3) is 0 Å². The van der Waals surface area contributed by atoms with Crippen LogP contribution in [0.1, 0.15) is 12.8 Å². The van der Waals surface area contributed by atoms with Gasteiger partial charge in [0.1, 0.15) is 17.7 Å². The van der Waals surface area contributed by atoms with E-state index < -0.39 is 0 Å². The van der Waals surface area contributed by atoms with Crippen LogP contribution in [-0.4, -0.2) is 55.6 Å². The van der Waals surface area contributed by atoms with Gasteiger partial charge < -0.3 is 30.2 Å². The standard InChI is InChI=1S/C25H28FN5O3/c26-20-16-18(2-3-23(20)31-9-13-33-14-10-31)29-25-28-8-5-22(30-25)17-1-4-24(21(27)15-17)34-19-6-11-32-12-7-19/h1-5,8,15-16,19H,6-7,9-14,27H2,(H,28,29,30). The van der Waals surface area contributed by atoms with Crippen LogP contribution in [0.2, 0.25) is 0 Å². The predicted octanol–water partition coefficient (Wildman–Crippen LogP) is 4.00. The summed E-state index contributed by atoms with van der Waals surface area (Å²) >= 11 is 0. The first-order chi connectivity index (χ1) is 16.7. The summed E-state index contributed by atoms with van der Waals surface area (Å²) in [4.78, 5) is 10.8. The van der Waals surface area contributed by atoms with Crippen LogP contribution in [0.4, 0.5) is 27.4 Å². The Bertz CT molecular complexity index is 1130. The normalized spacial score (nSPS) is 16.9. The number of benzene rings is 2. The zero-order chi connectivity index (χ0) is 23.3. The quantitative estimate of drug-likeness (QED) is 0.528. The van der Waals surface area contributed by atoms with E-state index in [1.807, 2.05) is 29.2 Å². The molecule has 2 aliphatic rings. The fourth-order valence-electron chi connectivity index (χ4n) is 4.14. The number of rotatable bonds is 6. The highest BCUT2D eigenvalue weighted by molar-refractivity contribution is 5.69. The van der Waals surface area contributed by atoms with Gasteiger partial charge in [-0.05, 0) is 42.5 Å². The molecular formula is C25H28FN5O3. The van der Waals surface area contributed by atoms with Gasteiger partial charge in [0, 0.05) is 43.4 Å². The van der Waals surface area contributed by atoms with Crippen LogP contribution in [0.25, 0.3) is 11.3 Å². The van der Waals surface area contributed by atoms with Crippen LogP contribution >= 0.6 is 0 Å². The number of hydrogen-bond acceptors (Lipinski definition) is 8. The van der Waals surface area contributed by atoms with Gasteiger partial charge in [0.05, 0.1) is 43.5 Å². The molecule has 2 saturated heterocycles. The first kappa shape index (κ1) is 22.4. The number of anilines is 4. The van der Waals surface area contributed by atoms with E-state index in [1.54, 1.807) is 18.3 Å². The Balaban J connectivity index is 1.29. The highest BCUT2D eigenvalue weighted by Gasteiger charge is 2.18. The van der Waals surface area contributed by atoms with Crippen LogP contribution in [0.5, 0.6) is 5.75 Å². The van der Waals surface area contributed by atoms with Crippen molar-refractivity contribution in [3.63, 3.8) is 0 Å². The first-order valence-electron chi connectivity index (χ1n) is 11.5. The van der Waals surface area contributed by atoms with Crippen molar-refractivity contribution in [2.24, 2.45) is 0 Å². The largest absolute Gasteiger partial charge is 0.488 e. The fraction of sp³-hybridized carbons (Fsp3) is 0.360. The van der Waals surface area contributed by atoms with Crippen LogP contribution in [0.3, 0.4) is 0 Å². The SMILES string of the molecule is Nc1cc(-c2ccnc(Nc3ccc(N4CCOCC4)c(F)c3)n2)ccc1OC1CCOCC1. The van der Waals surface area contributed by atoms with Gasteiger partial charge in [-0.2, -0.15) is 0 Å². The van der Waals surface area contributed by atoms with E-state index in [-0.39, 0.29) is 11.9 Å². The molecule has 2 aliphatic heterocycles. The van der Waals surface area contributed by atoms with E-state index in [0.717, 1.165) is 18.4 Å². The summed E-state index contributed by atoms with van der Waals surface area (Å²) in [6.45, 7) is 3.98. The van der Waals surface area contributed by atoms with E-state index in [1.165, 1.54) is 6.07 Å². The van der Waals surface area contributed by atoms with Gasteiger partial charge in [0.15, 0.2) is 0 Å². The number of nitrogens with zero attached hydrogens (tertiary/aromatic N) is 3. The summed E-state index contributed by atoms with van der Waals surface area (Å²) < 4.78 is 31.5. The summed E-state index contributed by atoms with van der Waals surface area (Å²) in [7, 11) is 0. The average molecular weight is 466 g/mol. The third-order valence-electron chi connectivity index (χ3n) is 5.98. The van der Waals surface area contributed by atoms with Crippen LogP contribution < -0.4 is 20.7 Å². The smallest absolute Gasteiger partial charge is 0.227 e. The molecular weight excluding hydrogens is 437 g/mol. The van der Waals surface area contributed by atoms with Gasteiger partial charge >= 0.3 is 0 Å². The molecule has 0 unspecified atom stereocenters. The monoisotopic (exact) mass is 465 g/mol. The minimum atomic E-state index is -0.295. The number of morpholine rings is 1. The number of halogens is 1.